The molecule has 0 radical (unpaired) electrons. The van der Waals surface area contributed by atoms with E-state index in [1.807, 2.05) is 4.57 Å². The molecule has 0 saturated carbocycles. The molecule has 1 saturated heterocycles. The van der Waals surface area contributed by atoms with E-state index in [-0.39, 0.29) is 34.0 Å². The average molecular weight is 377 g/mol. The number of aromatic nitrogens is 3. The molecule has 3 atom stereocenters. The molecule has 3 rings (SSSR count). The largest absolute Gasteiger partial charge is 0.302 e. The first kappa shape index (κ1) is 11.9. The first-order valence-electron chi connectivity index (χ1n) is 4.01. The van der Waals surface area contributed by atoms with Crippen molar-refractivity contribution >= 4 is 54.5 Å². The highest BCUT2D eigenvalue weighted by atomic mass is 79.9. The Morgan fingerprint density at radius 1 is 1.60 bits per heavy atom. The first-order valence-corrected chi connectivity index (χ1v) is 7.52. The molecule has 3 heterocycles. The summed E-state index contributed by atoms with van der Waals surface area (Å²) in [4.78, 5) is 0. The minimum atomic E-state index is -2.99. The summed E-state index contributed by atoms with van der Waals surface area (Å²) in [6.07, 6.45) is 1.60. The standard InChI is InChI=1S/C6H6BrN3O2S2.BrH/c7-5-4-3(1-14(5,11)12)13-6-9-8-2-10(4)6;/h2-5H,1H2;1H. The second kappa shape index (κ2) is 3.71. The van der Waals surface area contributed by atoms with Crippen molar-refractivity contribution in [2.45, 2.75) is 20.6 Å². The van der Waals surface area contributed by atoms with Gasteiger partial charge in [-0.2, -0.15) is 0 Å². The van der Waals surface area contributed by atoms with Crippen LogP contribution < -0.4 is 0 Å². The molecule has 3 unspecified atom stereocenters. The van der Waals surface area contributed by atoms with Crippen LogP contribution >= 0.6 is 44.7 Å². The third-order valence-corrected chi connectivity index (χ3v) is 8.01. The summed E-state index contributed by atoms with van der Waals surface area (Å²) in [5.41, 5.74) is 0. The molecular formula is C6H7Br2N3O2S2. The van der Waals surface area contributed by atoms with Gasteiger partial charge < -0.3 is 4.57 Å². The molecule has 0 amide bonds. The van der Waals surface area contributed by atoms with Gasteiger partial charge in [0.25, 0.3) is 0 Å². The van der Waals surface area contributed by atoms with Gasteiger partial charge in [-0.15, -0.1) is 27.2 Å². The van der Waals surface area contributed by atoms with Crippen molar-refractivity contribution < 1.29 is 8.42 Å². The van der Waals surface area contributed by atoms with Crippen molar-refractivity contribution in [3.63, 3.8) is 0 Å². The number of hydrogen-bond acceptors (Lipinski definition) is 5. The second-order valence-electron chi connectivity index (χ2n) is 3.35. The van der Waals surface area contributed by atoms with Crippen molar-refractivity contribution in [1.82, 2.24) is 14.8 Å². The minimum absolute atomic E-state index is 0. The Bertz CT molecular complexity index is 488. The molecule has 1 aromatic heterocycles. The van der Waals surface area contributed by atoms with E-state index in [1.165, 1.54) is 11.8 Å². The molecule has 2 aliphatic rings. The number of halogens is 2. The van der Waals surface area contributed by atoms with Crippen molar-refractivity contribution in [2.75, 3.05) is 5.75 Å². The number of fused-ring (bicyclic) bond motifs is 3. The van der Waals surface area contributed by atoms with Crippen LogP contribution in [0.25, 0.3) is 0 Å². The Hall–Kier alpha value is 0.400. The van der Waals surface area contributed by atoms with Gasteiger partial charge in [0.05, 0.1) is 11.8 Å². The number of alkyl halides is 1. The topological polar surface area (TPSA) is 64.8 Å². The highest BCUT2D eigenvalue weighted by Gasteiger charge is 2.51. The molecule has 9 heteroatoms. The minimum Gasteiger partial charge on any atom is -0.302 e. The van der Waals surface area contributed by atoms with Gasteiger partial charge in [-0.3, -0.25) is 0 Å². The number of sulfone groups is 1. The smallest absolute Gasteiger partial charge is 0.191 e. The van der Waals surface area contributed by atoms with E-state index in [0.717, 1.165) is 5.16 Å². The summed E-state index contributed by atoms with van der Waals surface area (Å²) in [5.74, 6) is 0.224. The lowest BCUT2D eigenvalue weighted by molar-refractivity contribution is 0.537. The molecular weight excluding hydrogens is 370 g/mol. The predicted molar refractivity (Wildman–Crippen MR) is 65.5 cm³/mol. The zero-order valence-corrected chi connectivity index (χ0v) is 12.2. The quantitative estimate of drug-likeness (QED) is 0.632. The van der Waals surface area contributed by atoms with Crippen LogP contribution in [-0.4, -0.2) is 38.3 Å². The number of hydrogen-bond donors (Lipinski definition) is 0. The summed E-state index contributed by atoms with van der Waals surface area (Å²) in [7, 11) is -2.99. The maximum Gasteiger partial charge on any atom is 0.191 e. The Morgan fingerprint density at radius 2 is 2.33 bits per heavy atom. The highest BCUT2D eigenvalue weighted by Crippen LogP contribution is 2.49. The van der Waals surface area contributed by atoms with Crippen LogP contribution in [0.4, 0.5) is 0 Å². The van der Waals surface area contributed by atoms with E-state index in [2.05, 4.69) is 26.1 Å². The zero-order valence-electron chi connectivity index (χ0n) is 7.28. The van der Waals surface area contributed by atoms with Crippen molar-refractivity contribution in [3.05, 3.63) is 6.33 Å². The van der Waals surface area contributed by atoms with E-state index in [0.29, 0.717) is 0 Å². The van der Waals surface area contributed by atoms with Crippen LogP contribution in [0.5, 0.6) is 0 Å². The van der Waals surface area contributed by atoms with Crippen LogP contribution in [0, 0.1) is 0 Å². The fourth-order valence-corrected chi connectivity index (χ4v) is 6.76. The van der Waals surface area contributed by atoms with E-state index in [4.69, 9.17) is 0 Å². The summed E-state index contributed by atoms with van der Waals surface area (Å²) in [6, 6.07) is -0.0463. The molecule has 0 aliphatic carbocycles. The van der Waals surface area contributed by atoms with Crippen molar-refractivity contribution in [2.24, 2.45) is 0 Å². The molecule has 84 valence electrons. The van der Waals surface area contributed by atoms with Crippen LogP contribution in [0.15, 0.2) is 11.5 Å². The Morgan fingerprint density at radius 3 is 3.07 bits per heavy atom. The van der Waals surface area contributed by atoms with Gasteiger partial charge >= 0.3 is 0 Å². The molecule has 0 aromatic carbocycles. The van der Waals surface area contributed by atoms with Gasteiger partial charge in [-0.1, -0.05) is 27.7 Å². The maximum absolute atomic E-state index is 11.6. The SMILES string of the molecule is Br.O=S1(=O)CC2Sc3nncn3C2C1Br. The first-order chi connectivity index (χ1) is 6.59. The Kier molecular flexibility index (Phi) is 2.94. The summed E-state index contributed by atoms with van der Waals surface area (Å²) in [6.45, 7) is 0. The Balaban J connectivity index is 0.000000853. The normalized spacial score (nSPS) is 35.7. The molecule has 1 fully saturated rings. The molecule has 5 nitrogen and oxygen atoms in total. The monoisotopic (exact) mass is 375 g/mol. The lowest BCUT2D eigenvalue weighted by atomic mass is 10.2. The number of nitrogens with zero attached hydrogens (tertiary/aromatic N) is 3. The Labute approximate surface area is 110 Å². The molecule has 0 N–H and O–H groups in total. The summed E-state index contributed by atoms with van der Waals surface area (Å²) >= 11 is 4.74. The van der Waals surface area contributed by atoms with Gasteiger partial charge in [0.1, 0.15) is 10.5 Å². The molecule has 15 heavy (non-hydrogen) atoms. The van der Waals surface area contributed by atoms with Gasteiger partial charge in [0, 0.05) is 5.25 Å². The van der Waals surface area contributed by atoms with Crippen LogP contribution in [0.1, 0.15) is 6.04 Å². The molecule has 0 bridgehead atoms. The summed E-state index contributed by atoms with van der Waals surface area (Å²) < 4.78 is 24.5. The third kappa shape index (κ3) is 1.58. The van der Waals surface area contributed by atoms with Gasteiger partial charge in [-0.05, 0) is 0 Å². The lowest BCUT2D eigenvalue weighted by Gasteiger charge is -2.11. The number of rotatable bonds is 0. The fourth-order valence-electron chi connectivity index (χ4n) is 1.87. The van der Waals surface area contributed by atoms with Crippen LogP contribution in [-0.2, 0) is 9.84 Å². The second-order valence-corrected chi connectivity index (χ2v) is 8.31. The van der Waals surface area contributed by atoms with Gasteiger partial charge in [0.2, 0.25) is 0 Å². The van der Waals surface area contributed by atoms with E-state index in [9.17, 15) is 8.42 Å². The summed E-state index contributed by atoms with van der Waals surface area (Å²) in [5, 5.41) is 8.60. The van der Waals surface area contributed by atoms with Crippen LogP contribution in [0.2, 0.25) is 0 Å². The van der Waals surface area contributed by atoms with Gasteiger partial charge in [0.15, 0.2) is 15.0 Å². The van der Waals surface area contributed by atoms with Crippen LogP contribution in [0.3, 0.4) is 0 Å². The van der Waals surface area contributed by atoms with E-state index in [1.54, 1.807) is 6.33 Å². The van der Waals surface area contributed by atoms with Gasteiger partial charge in [-0.25, -0.2) is 8.42 Å². The van der Waals surface area contributed by atoms with Crippen molar-refractivity contribution in [3.8, 4) is 0 Å². The predicted octanol–water partition coefficient (Wildman–Crippen LogP) is 1.02. The fraction of sp³-hybridized carbons (Fsp3) is 0.667. The number of thioether (sulfide) groups is 1. The molecule has 2 aliphatic heterocycles. The van der Waals surface area contributed by atoms with E-state index < -0.39 is 14.0 Å². The third-order valence-electron chi connectivity index (χ3n) is 2.51. The average Bonchev–Trinajstić information content (AvgIpc) is 2.65. The zero-order chi connectivity index (χ0) is 9.92. The lowest BCUT2D eigenvalue weighted by Crippen LogP contribution is -2.18. The van der Waals surface area contributed by atoms with Crippen molar-refractivity contribution in [1.29, 1.82) is 0 Å². The highest BCUT2D eigenvalue weighted by molar-refractivity contribution is 9.11. The van der Waals surface area contributed by atoms with E-state index >= 15 is 0 Å². The molecule has 0 spiro atoms. The molecule has 1 aromatic rings. The maximum atomic E-state index is 11.6.